The van der Waals surface area contributed by atoms with E-state index in [2.05, 4.69) is 5.32 Å². The minimum Gasteiger partial charge on any atom is -0.354 e. The third-order valence-corrected chi connectivity index (χ3v) is 6.48. The van der Waals surface area contributed by atoms with Gasteiger partial charge in [0.15, 0.2) is 0 Å². The van der Waals surface area contributed by atoms with Gasteiger partial charge in [0.2, 0.25) is 5.91 Å². The lowest BCUT2D eigenvalue weighted by Crippen LogP contribution is -2.43. The van der Waals surface area contributed by atoms with Crippen molar-refractivity contribution < 1.29 is 14.4 Å². The molecule has 0 saturated carbocycles. The van der Waals surface area contributed by atoms with Crippen molar-refractivity contribution in [2.24, 2.45) is 5.41 Å². The molecule has 0 radical (unpaired) electrons. The number of Topliss-reactive ketones (excluding diaryl/α,β-unsaturated/α-hetero) is 1. The van der Waals surface area contributed by atoms with Gasteiger partial charge in [0.1, 0.15) is 11.5 Å². The monoisotopic (exact) mass is 487 g/mol. The number of nitrogens with zero attached hydrogens (tertiary/aromatic N) is 2. The first kappa shape index (κ1) is 27.1. The summed E-state index contributed by atoms with van der Waals surface area (Å²) >= 11 is 0. The van der Waals surface area contributed by atoms with Crippen LogP contribution in [0, 0.1) is 5.41 Å². The molecule has 0 aliphatic rings. The number of fused-ring (bicyclic) bond motifs is 1. The fraction of sp³-hybridized carbons (Fsp3) is 0.400. The van der Waals surface area contributed by atoms with E-state index in [1.807, 2.05) is 95.3 Å². The lowest BCUT2D eigenvalue weighted by molar-refractivity contribution is -0.129. The molecule has 1 atom stereocenters. The van der Waals surface area contributed by atoms with Crippen LogP contribution in [0.25, 0.3) is 22.0 Å². The van der Waals surface area contributed by atoms with E-state index >= 15 is 0 Å². The Morgan fingerprint density at radius 3 is 2.31 bits per heavy atom. The van der Waals surface area contributed by atoms with Crippen molar-refractivity contribution in [1.82, 2.24) is 15.2 Å². The van der Waals surface area contributed by atoms with Crippen LogP contribution in [-0.2, 0) is 9.59 Å². The van der Waals surface area contributed by atoms with Crippen LogP contribution in [0.3, 0.4) is 0 Å². The molecule has 0 spiro atoms. The Hall–Kier alpha value is -3.54. The van der Waals surface area contributed by atoms with Gasteiger partial charge < -0.3 is 10.2 Å². The second kappa shape index (κ2) is 11.9. The Morgan fingerprint density at radius 2 is 1.64 bits per heavy atom. The average molecular weight is 488 g/mol. The second-order valence-corrected chi connectivity index (χ2v) is 10.2. The van der Waals surface area contributed by atoms with E-state index < -0.39 is 5.41 Å². The second-order valence-electron chi connectivity index (χ2n) is 10.2. The molecule has 1 aromatic heterocycles. The summed E-state index contributed by atoms with van der Waals surface area (Å²) < 4.78 is 0. The summed E-state index contributed by atoms with van der Waals surface area (Å²) in [4.78, 5) is 44.7. The van der Waals surface area contributed by atoms with E-state index in [-0.39, 0.29) is 36.5 Å². The van der Waals surface area contributed by atoms with Crippen LogP contribution in [0.15, 0.2) is 60.7 Å². The van der Waals surface area contributed by atoms with Gasteiger partial charge in [-0.25, -0.2) is 4.98 Å². The maximum absolute atomic E-state index is 13.7. The Labute approximate surface area is 214 Å². The van der Waals surface area contributed by atoms with Crippen molar-refractivity contribution in [3.8, 4) is 11.3 Å². The van der Waals surface area contributed by atoms with Crippen molar-refractivity contribution in [2.75, 3.05) is 13.1 Å². The third-order valence-electron chi connectivity index (χ3n) is 6.48. The van der Waals surface area contributed by atoms with Gasteiger partial charge in [-0.2, -0.15) is 0 Å². The molecular weight excluding hydrogens is 450 g/mol. The van der Waals surface area contributed by atoms with E-state index in [4.69, 9.17) is 4.98 Å². The minimum atomic E-state index is -0.453. The van der Waals surface area contributed by atoms with E-state index in [1.54, 1.807) is 4.90 Å². The smallest absolute Gasteiger partial charge is 0.272 e. The molecule has 190 valence electrons. The van der Waals surface area contributed by atoms with Gasteiger partial charge in [-0.1, -0.05) is 82.3 Å². The molecule has 1 heterocycles. The van der Waals surface area contributed by atoms with E-state index in [9.17, 15) is 14.4 Å². The van der Waals surface area contributed by atoms with Gasteiger partial charge in [0.25, 0.3) is 5.91 Å². The van der Waals surface area contributed by atoms with Gasteiger partial charge in [0, 0.05) is 48.3 Å². The standard InChI is InChI=1S/C30H37N3O3/c1-6-21(2)33(19-18-31-27(35)17-16-26(34)30(3,4)5)29(36)25-20-23-14-10-11-15-24(23)28(32-25)22-12-8-7-9-13-22/h7-15,20-21H,6,16-19H2,1-5H3,(H,31,35). The number of pyridine rings is 1. The molecule has 6 heteroatoms. The first-order valence-corrected chi connectivity index (χ1v) is 12.7. The number of ketones is 1. The maximum atomic E-state index is 13.7. The highest BCUT2D eigenvalue weighted by Gasteiger charge is 2.24. The lowest BCUT2D eigenvalue weighted by atomic mass is 9.88. The van der Waals surface area contributed by atoms with Crippen LogP contribution in [-0.4, -0.2) is 46.6 Å². The number of hydrogen-bond donors (Lipinski definition) is 1. The molecule has 6 nitrogen and oxygen atoms in total. The van der Waals surface area contributed by atoms with E-state index in [0.717, 1.165) is 28.5 Å². The number of rotatable bonds is 10. The topological polar surface area (TPSA) is 79.4 Å². The highest BCUT2D eigenvalue weighted by Crippen LogP contribution is 2.28. The highest BCUT2D eigenvalue weighted by atomic mass is 16.2. The first-order valence-electron chi connectivity index (χ1n) is 12.7. The fourth-order valence-corrected chi connectivity index (χ4v) is 4.02. The average Bonchev–Trinajstić information content (AvgIpc) is 2.88. The van der Waals surface area contributed by atoms with E-state index in [1.165, 1.54) is 0 Å². The zero-order chi connectivity index (χ0) is 26.3. The van der Waals surface area contributed by atoms with Gasteiger partial charge in [0.05, 0.1) is 5.69 Å². The quantitative estimate of drug-likeness (QED) is 0.401. The number of nitrogens with one attached hydrogen (secondary N) is 1. The summed E-state index contributed by atoms with van der Waals surface area (Å²) in [5.74, 6) is -0.283. The van der Waals surface area contributed by atoms with Gasteiger partial charge in [-0.15, -0.1) is 0 Å². The van der Waals surface area contributed by atoms with Crippen LogP contribution in [0.5, 0.6) is 0 Å². The molecule has 0 aliphatic heterocycles. The summed E-state index contributed by atoms with van der Waals surface area (Å²) in [7, 11) is 0. The van der Waals surface area contributed by atoms with Crippen molar-refractivity contribution in [3.05, 3.63) is 66.4 Å². The highest BCUT2D eigenvalue weighted by molar-refractivity contribution is 6.01. The summed E-state index contributed by atoms with van der Waals surface area (Å²) in [5, 5.41) is 4.81. The van der Waals surface area contributed by atoms with Crippen LogP contribution in [0.4, 0.5) is 0 Å². The molecule has 0 fully saturated rings. The largest absolute Gasteiger partial charge is 0.354 e. The maximum Gasteiger partial charge on any atom is 0.272 e. The van der Waals surface area contributed by atoms with Crippen LogP contribution in [0.1, 0.15) is 64.4 Å². The number of carbonyl (C=O) groups excluding carboxylic acids is 3. The Bertz CT molecular complexity index is 1220. The molecule has 0 saturated heterocycles. The summed E-state index contributed by atoms with van der Waals surface area (Å²) in [6, 6.07) is 19.6. The molecule has 0 bridgehead atoms. The van der Waals surface area contributed by atoms with E-state index in [0.29, 0.717) is 18.8 Å². The SMILES string of the molecule is CCC(C)N(CCNC(=O)CCC(=O)C(C)(C)C)C(=O)c1cc2ccccc2c(-c2ccccc2)n1. The number of carbonyl (C=O) groups is 3. The number of aromatic nitrogens is 1. The predicted molar refractivity (Wildman–Crippen MR) is 145 cm³/mol. The third kappa shape index (κ3) is 6.78. The lowest BCUT2D eigenvalue weighted by Gasteiger charge is -2.29. The van der Waals surface area contributed by atoms with Gasteiger partial charge >= 0.3 is 0 Å². The molecular formula is C30H37N3O3. The normalized spacial score (nSPS) is 12.2. The summed E-state index contributed by atoms with van der Waals surface area (Å²) in [6.07, 6.45) is 1.14. The van der Waals surface area contributed by atoms with Crippen molar-refractivity contribution >= 4 is 28.4 Å². The fourth-order valence-electron chi connectivity index (χ4n) is 4.02. The number of benzene rings is 2. The van der Waals surface area contributed by atoms with Crippen molar-refractivity contribution in [3.63, 3.8) is 0 Å². The molecule has 36 heavy (non-hydrogen) atoms. The van der Waals surface area contributed by atoms with Crippen LogP contribution in [0.2, 0.25) is 0 Å². The zero-order valence-electron chi connectivity index (χ0n) is 22.0. The molecule has 3 aromatic rings. The van der Waals surface area contributed by atoms with Crippen molar-refractivity contribution in [1.29, 1.82) is 0 Å². The molecule has 0 aliphatic carbocycles. The molecule has 2 aromatic carbocycles. The first-order chi connectivity index (χ1) is 17.1. The predicted octanol–water partition coefficient (Wildman–Crippen LogP) is 5.65. The molecule has 2 amide bonds. The zero-order valence-corrected chi connectivity index (χ0v) is 22.0. The molecule has 1 unspecified atom stereocenters. The number of hydrogen-bond acceptors (Lipinski definition) is 4. The van der Waals surface area contributed by atoms with Gasteiger partial charge in [-0.3, -0.25) is 14.4 Å². The molecule has 3 rings (SSSR count). The summed E-state index contributed by atoms with van der Waals surface area (Å²) in [6.45, 7) is 10.3. The van der Waals surface area contributed by atoms with Crippen LogP contribution < -0.4 is 5.32 Å². The Kier molecular flexibility index (Phi) is 8.97. The number of amides is 2. The summed E-state index contributed by atoms with van der Waals surface area (Å²) in [5.41, 5.74) is 1.66. The van der Waals surface area contributed by atoms with Crippen LogP contribution >= 0.6 is 0 Å². The Balaban J connectivity index is 1.77. The van der Waals surface area contributed by atoms with Gasteiger partial charge in [-0.05, 0) is 24.8 Å². The Morgan fingerprint density at radius 1 is 0.972 bits per heavy atom. The van der Waals surface area contributed by atoms with Crippen molar-refractivity contribution in [2.45, 2.75) is 59.9 Å². The molecule has 1 N–H and O–H groups in total. The minimum absolute atomic E-state index is 0.0229.